The number of nitriles is 1. The van der Waals surface area contributed by atoms with Crippen molar-refractivity contribution in [1.29, 1.82) is 5.26 Å². The van der Waals surface area contributed by atoms with Gasteiger partial charge in [-0.1, -0.05) is 123 Å². The van der Waals surface area contributed by atoms with E-state index in [1.165, 1.54) is 48.6 Å². The highest BCUT2D eigenvalue weighted by Crippen LogP contribution is 2.54. The predicted molar refractivity (Wildman–Crippen MR) is 225 cm³/mol. The summed E-state index contributed by atoms with van der Waals surface area (Å²) in [5.74, 6) is 4.37. The van der Waals surface area contributed by atoms with Crippen molar-refractivity contribution in [3.05, 3.63) is 151 Å². The van der Waals surface area contributed by atoms with Crippen molar-refractivity contribution in [3.8, 4) is 51.4 Å². The van der Waals surface area contributed by atoms with E-state index in [1.54, 1.807) is 5.56 Å². The van der Waals surface area contributed by atoms with Gasteiger partial charge in [-0.15, -0.1) is 0 Å². The van der Waals surface area contributed by atoms with Crippen LogP contribution in [0.2, 0.25) is 0 Å². The van der Waals surface area contributed by atoms with Gasteiger partial charge in [0.05, 0.1) is 11.6 Å². The Morgan fingerprint density at radius 1 is 0.491 bits per heavy atom. The summed E-state index contributed by atoms with van der Waals surface area (Å²) >= 11 is 0. The molecule has 55 heavy (non-hydrogen) atoms. The van der Waals surface area contributed by atoms with Crippen LogP contribution in [0.5, 0.6) is 0 Å². The third-order valence-electron chi connectivity index (χ3n) is 12.5. The lowest BCUT2D eigenvalue weighted by Crippen LogP contribution is -2.42. The minimum absolute atomic E-state index is 0.346. The molecular weight excluding hydrogens is 669 g/mol. The molecule has 1 heterocycles. The molecule has 266 valence electrons. The molecule has 0 aliphatic heterocycles. The van der Waals surface area contributed by atoms with Gasteiger partial charge in [0.15, 0.2) is 17.5 Å². The first-order valence-corrected chi connectivity index (χ1v) is 19.7. The first-order valence-electron chi connectivity index (χ1n) is 19.7. The van der Waals surface area contributed by atoms with Crippen LogP contribution in [-0.2, 0) is 5.41 Å². The van der Waals surface area contributed by atoms with Gasteiger partial charge in [0.1, 0.15) is 0 Å². The van der Waals surface area contributed by atoms with E-state index < -0.39 is 0 Å². The molecule has 0 N–H and O–H groups in total. The molecule has 1 aromatic heterocycles. The van der Waals surface area contributed by atoms with Crippen molar-refractivity contribution < 1.29 is 0 Å². The second-order valence-electron chi connectivity index (χ2n) is 16.5. The lowest BCUT2D eigenvalue weighted by atomic mass is 9.54. The molecule has 4 atom stereocenters. The molecule has 7 aromatic carbocycles. The van der Waals surface area contributed by atoms with Crippen molar-refractivity contribution in [3.63, 3.8) is 0 Å². The quantitative estimate of drug-likeness (QED) is 0.167. The average Bonchev–Trinajstić information content (AvgIpc) is 3.22. The summed E-state index contributed by atoms with van der Waals surface area (Å²) in [4.78, 5) is 15.1. The van der Waals surface area contributed by atoms with Gasteiger partial charge in [0, 0.05) is 16.7 Å². The van der Waals surface area contributed by atoms with Crippen molar-refractivity contribution in [1.82, 2.24) is 15.0 Å². The van der Waals surface area contributed by atoms with Crippen molar-refractivity contribution in [2.24, 2.45) is 17.8 Å². The molecule has 2 bridgehead atoms. The number of hydrogen-bond donors (Lipinski definition) is 0. The highest BCUT2D eigenvalue weighted by atomic mass is 15.0. The van der Waals surface area contributed by atoms with E-state index in [2.05, 4.69) is 111 Å². The topological polar surface area (TPSA) is 62.5 Å². The number of hydrogen-bond acceptors (Lipinski definition) is 4. The van der Waals surface area contributed by atoms with E-state index in [-0.39, 0.29) is 0 Å². The van der Waals surface area contributed by atoms with Gasteiger partial charge in [-0.3, -0.25) is 0 Å². The van der Waals surface area contributed by atoms with Crippen LogP contribution < -0.4 is 0 Å². The minimum Gasteiger partial charge on any atom is -0.208 e. The van der Waals surface area contributed by atoms with Crippen molar-refractivity contribution in [2.45, 2.75) is 51.4 Å². The van der Waals surface area contributed by atoms with E-state index in [4.69, 9.17) is 15.0 Å². The van der Waals surface area contributed by atoms with Crippen LogP contribution in [0.1, 0.15) is 57.1 Å². The molecule has 0 radical (unpaired) electrons. The molecule has 4 nitrogen and oxygen atoms in total. The van der Waals surface area contributed by atoms with Crippen molar-refractivity contribution in [2.75, 3.05) is 0 Å². The summed E-state index contributed by atoms with van der Waals surface area (Å²) in [5, 5.41) is 16.2. The van der Waals surface area contributed by atoms with E-state index in [9.17, 15) is 5.26 Å². The Bertz CT molecular complexity index is 2780. The Kier molecular flexibility index (Phi) is 8.07. The molecule has 10 rings (SSSR count). The van der Waals surface area contributed by atoms with E-state index in [1.807, 2.05) is 48.5 Å². The Morgan fingerprint density at radius 2 is 1.00 bits per heavy atom. The summed E-state index contributed by atoms with van der Waals surface area (Å²) in [7, 11) is 0. The fraction of sp³-hybridized carbons (Fsp3) is 0.216. The van der Waals surface area contributed by atoms with Crippen LogP contribution in [-0.4, -0.2) is 15.0 Å². The zero-order valence-corrected chi connectivity index (χ0v) is 31.3. The van der Waals surface area contributed by atoms with Gasteiger partial charge in [-0.2, -0.15) is 5.26 Å². The number of rotatable bonds is 5. The van der Waals surface area contributed by atoms with Gasteiger partial charge in [-0.25, -0.2) is 15.0 Å². The fourth-order valence-corrected chi connectivity index (χ4v) is 10.2. The molecule has 2 saturated carbocycles. The predicted octanol–water partition coefficient (Wildman–Crippen LogP) is 13.0. The Labute approximate surface area is 322 Å². The monoisotopic (exact) mass is 710 g/mol. The highest BCUT2D eigenvalue weighted by molar-refractivity contribution is 6.09. The third-order valence-corrected chi connectivity index (χ3v) is 12.5. The van der Waals surface area contributed by atoms with Crippen LogP contribution in [0.3, 0.4) is 0 Å². The third kappa shape index (κ3) is 6.15. The first-order chi connectivity index (χ1) is 26.9. The average molecular weight is 711 g/mol. The zero-order valence-electron chi connectivity index (χ0n) is 31.3. The standard InChI is InChI=1S/C51H42N4/c1-32-22-35-23-33(2)29-51(28-32,30-35)45-20-18-36(19-21-45)40-13-14-42-26-43(17-15-41(42)25-40)49-53-48(39-6-4-3-5-7-39)54-50(55-49)44-16-12-38-11-10-37-9-8-34(31-52)24-46(37)47(38)27-44/h3-21,24-27,32-33,35H,22-23,28-30H2,1-2H3/t32-,33+,35-,51?. The summed E-state index contributed by atoms with van der Waals surface area (Å²) in [6, 6.07) is 51.6. The molecule has 0 spiro atoms. The molecule has 1 unspecified atom stereocenters. The normalized spacial score (nSPS) is 20.8. The van der Waals surface area contributed by atoms with Gasteiger partial charge in [0.2, 0.25) is 0 Å². The van der Waals surface area contributed by atoms with Crippen LogP contribution in [0.15, 0.2) is 140 Å². The van der Waals surface area contributed by atoms with Crippen LogP contribution in [0.25, 0.3) is 77.6 Å². The Hall–Kier alpha value is -6.18. The maximum absolute atomic E-state index is 9.62. The molecule has 2 fully saturated rings. The van der Waals surface area contributed by atoms with Gasteiger partial charge in [0.25, 0.3) is 0 Å². The maximum atomic E-state index is 9.62. The molecule has 8 aromatic rings. The van der Waals surface area contributed by atoms with E-state index in [0.29, 0.717) is 28.5 Å². The maximum Gasteiger partial charge on any atom is 0.164 e. The largest absolute Gasteiger partial charge is 0.208 e. The molecular formula is C51H42N4. The molecule has 2 aliphatic rings. The van der Waals surface area contributed by atoms with Gasteiger partial charge < -0.3 is 0 Å². The minimum atomic E-state index is 0.346. The Morgan fingerprint density at radius 3 is 1.65 bits per heavy atom. The van der Waals surface area contributed by atoms with E-state index >= 15 is 0 Å². The lowest BCUT2D eigenvalue weighted by Gasteiger charge is -2.50. The second kappa shape index (κ2) is 13.3. The molecule has 0 saturated heterocycles. The fourth-order valence-electron chi connectivity index (χ4n) is 10.2. The summed E-state index contributed by atoms with van der Waals surface area (Å²) in [5.41, 5.74) is 7.80. The van der Waals surface area contributed by atoms with Crippen molar-refractivity contribution >= 4 is 32.3 Å². The summed E-state index contributed by atoms with van der Waals surface area (Å²) in [6.45, 7) is 4.93. The summed E-state index contributed by atoms with van der Waals surface area (Å²) < 4.78 is 0. The number of benzene rings is 7. The number of aromatic nitrogens is 3. The van der Waals surface area contributed by atoms with Gasteiger partial charge in [-0.05, 0) is 135 Å². The molecule has 4 heteroatoms. The smallest absolute Gasteiger partial charge is 0.164 e. The zero-order chi connectivity index (χ0) is 37.1. The second-order valence-corrected chi connectivity index (χ2v) is 16.5. The number of nitrogens with zero attached hydrogens (tertiary/aromatic N) is 4. The van der Waals surface area contributed by atoms with Crippen LogP contribution in [0, 0.1) is 29.1 Å². The SMILES string of the molecule is C[C@@H]1C[C@@H]2C[C@H](C)CC(c3ccc(-c4ccc5cc(-c6nc(-c7ccccc7)nc(-c7ccc8ccc9ccc(C#N)cc9c8c7)n6)ccc5c4)cc3)(C1)C2. The number of fused-ring (bicyclic) bond motifs is 6. The summed E-state index contributed by atoms with van der Waals surface area (Å²) in [6.07, 6.45) is 6.81. The molecule has 0 amide bonds. The van der Waals surface area contributed by atoms with Gasteiger partial charge >= 0.3 is 0 Å². The van der Waals surface area contributed by atoms with E-state index in [0.717, 1.165) is 61.4 Å². The van der Waals surface area contributed by atoms with Crippen LogP contribution >= 0.6 is 0 Å². The highest BCUT2D eigenvalue weighted by Gasteiger charge is 2.45. The molecule has 2 aliphatic carbocycles. The lowest BCUT2D eigenvalue weighted by molar-refractivity contribution is 0.0780. The Balaban J connectivity index is 1.01. The first kappa shape index (κ1) is 33.4. The van der Waals surface area contributed by atoms with Crippen LogP contribution in [0.4, 0.5) is 0 Å².